The zero-order valence-corrected chi connectivity index (χ0v) is 13.4. The van der Waals surface area contributed by atoms with E-state index in [2.05, 4.69) is 25.4 Å². The first kappa shape index (κ1) is 16.0. The van der Waals surface area contributed by atoms with Gasteiger partial charge in [-0.25, -0.2) is 8.42 Å². The summed E-state index contributed by atoms with van der Waals surface area (Å²) in [6.45, 7) is 3.74. The van der Waals surface area contributed by atoms with Gasteiger partial charge in [0, 0.05) is 4.47 Å². The number of aryl methyl sites for hydroxylation is 2. The molecule has 0 saturated heterocycles. The number of nitrogens with one attached hydrogen (secondary N) is 1. The van der Waals surface area contributed by atoms with Crippen molar-refractivity contribution >= 4 is 37.6 Å². The predicted molar refractivity (Wildman–Crippen MR) is 77.7 cm³/mol. The maximum atomic E-state index is 11.9. The van der Waals surface area contributed by atoms with E-state index in [9.17, 15) is 13.2 Å². The van der Waals surface area contributed by atoms with Crippen LogP contribution in [0.1, 0.15) is 17.5 Å². The van der Waals surface area contributed by atoms with Crippen LogP contribution in [0.3, 0.4) is 0 Å². The summed E-state index contributed by atoms with van der Waals surface area (Å²) in [5, 5.41) is 0. The van der Waals surface area contributed by atoms with E-state index < -0.39 is 16.0 Å². The Morgan fingerprint density at radius 3 is 2.53 bits per heavy atom. The lowest BCUT2D eigenvalue weighted by molar-refractivity contribution is -0.140. The lowest BCUT2D eigenvalue weighted by atomic mass is 10.1. The van der Waals surface area contributed by atoms with E-state index in [1.807, 2.05) is 26.0 Å². The topological polar surface area (TPSA) is 72.5 Å². The van der Waals surface area contributed by atoms with Crippen molar-refractivity contribution < 1.29 is 17.9 Å². The maximum Gasteiger partial charge on any atom is 0.306 e. The third-order valence-corrected chi connectivity index (χ3v) is 4.37. The molecule has 0 spiro atoms. The van der Waals surface area contributed by atoms with E-state index in [1.54, 1.807) is 0 Å². The molecule has 0 radical (unpaired) electrons. The fraction of sp³-hybridized carbons (Fsp3) is 0.417. The van der Waals surface area contributed by atoms with Gasteiger partial charge in [-0.15, -0.1) is 0 Å². The first-order chi connectivity index (χ1) is 8.75. The zero-order valence-electron chi connectivity index (χ0n) is 11.0. The van der Waals surface area contributed by atoms with E-state index in [1.165, 1.54) is 7.11 Å². The van der Waals surface area contributed by atoms with Crippen molar-refractivity contribution in [1.82, 2.24) is 0 Å². The number of esters is 1. The molecular formula is C12H16BrNO4S. The summed E-state index contributed by atoms with van der Waals surface area (Å²) < 4.78 is 31.3. The molecule has 0 aliphatic heterocycles. The van der Waals surface area contributed by atoms with Crippen LogP contribution in [0.25, 0.3) is 0 Å². The highest BCUT2D eigenvalue weighted by molar-refractivity contribution is 9.10. The molecule has 106 valence electrons. The van der Waals surface area contributed by atoms with Crippen LogP contribution >= 0.6 is 15.9 Å². The van der Waals surface area contributed by atoms with Gasteiger partial charge in [0.25, 0.3) is 0 Å². The monoisotopic (exact) mass is 349 g/mol. The standard InChI is InChI=1S/C12H16BrNO4S/c1-8-6-9(2)12(10(13)7-8)14-19(16,17)5-4-11(15)18-3/h6-7,14H,4-5H2,1-3H3. The molecule has 1 N–H and O–H groups in total. The average molecular weight is 350 g/mol. The second-order valence-corrected chi connectivity index (χ2v) is 6.88. The van der Waals surface area contributed by atoms with Gasteiger partial charge < -0.3 is 4.74 Å². The Bertz CT molecular complexity index is 560. The number of ether oxygens (including phenoxy) is 1. The molecule has 0 amide bonds. The Morgan fingerprint density at radius 1 is 1.37 bits per heavy atom. The number of methoxy groups -OCH3 is 1. The van der Waals surface area contributed by atoms with E-state index in [0.717, 1.165) is 11.1 Å². The molecule has 0 aliphatic carbocycles. The number of carbonyl (C=O) groups is 1. The van der Waals surface area contributed by atoms with Crippen LogP contribution < -0.4 is 4.72 Å². The predicted octanol–water partition coefficient (Wildman–Crippen LogP) is 2.37. The number of hydrogen-bond acceptors (Lipinski definition) is 4. The number of carbonyl (C=O) groups excluding carboxylic acids is 1. The minimum absolute atomic E-state index is 0.172. The quantitative estimate of drug-likeness (QED) is 0.828. The molecule has 0 bridgehead atoms. The molecule has 0 aliphatic rings. The number of halogens is 1. The summed E-state index contributed by atoms with van der Waals surface area (Å²) in [5.41, 5.74) is 2.34. The second kappa shape index (κ2) is 6.38. The molecule has 7 heteroatoms. The fourth-order valence-corrected chi connectivity index (χ4v) is 3.59. The first-order valence-corrected chi connectivity index (χ1v) is 8.04. The van der Waals surface area contributed by atoms with Crippen LogP contribution in [0.4, 0.5) is 5.69 Å². The van der Waals surface area contributed by atoms with Crippen molar-refractivity contribution in [2.24, 2.45) is 0 Å². The maximum absolute atomic E-state index is 11.9. The van der Waals surface area contributed by atoms with E-state index in [4.69, 9.17) is 0 Å². The Balaban J connectivity index is 2.87. The molecule has 0 saturated carbocycles. The SMILES string of the molecule is COC(=O)CCS(=O)(=O)Nc1c(C)cc(C)cc1Br. The molecule has 0 atom stereocenters. The van der Waals surface area contributed by atoms with Gasteiger partial charge in [-0.2, -0.15) is 0 Å². The van der Waals surface area contributed by atoms with Crippen LogP contribution in [0.2, 0.25) is 0 Å². The van der Waals surface area contributed by atoms with Crippen molar-refractivity contribution in [3.05, 3.63) is 27.7 Å². The largest absolute Gasteiger partial charge is 0.469 e. The Morgan fingerprint density at radius 2 is 2.00 bits per heavy atom. The molecule has 1 rings (SSSR count). The van der Waals surface area contributed by atoms with E-state index >= 15 is 0 Å². The van der Waals surface area contributed by atoms with Crippen molar-refractivity contribution in [1.29, 1.82) is 0 Å². The van der Waals surface area contributed by atoms with Gasteiger partial charge in [-0.1, -0.05) is 6.07 Å². The first-order valence-electron chi connectivity index (χ1n) is 5.59. The smallest absolute Gasteiger partial charge is 0.306 e. The highest BCUT2D eigenvalue weighted by Gasteiger charge is 2.16. The van der Waals surface area contributed by atoms with Crippen molar-refractivity contribution in [3.63, 3.8) is 0 Å². The number of sulfonamides is 1. The van der Waals surface area contributed by atoms with Gasteiger partial charge in [0.1, 0.15) is 0 Å². The molecule has 1 aromatic carbocycles. The van der Waals surface area contributed by atoms with Crippen molar-refractivity contribution in [3.8, 4) is 0 Å². The summed E-state index contributed by atoms with van der Waals surface area (Å²) in [6.07, 6.45) is -0.172. The highest BCUT2D eigenvalue weighted by Crippen LogP contribution is 2.28. The van der Waals surface area contributed by atoms with Crippen LogP contribution in [-0.4, -0.2) is 27.2 Å². The fourth-order valence-electron chi connectivity index (χ4n) is 1.57. The lowest BCUT2D eigenvalue weighted by Gasteiger charge is -2.13. The van der Waals surface area contributed by atoms with Gasteiger partial charge in [0.05, 0.1) is 25.0 Å². The van der Waals surface area contributed by atoms with Gasteiger partial charge in [0.15, 0.2) is 0 Å². The summed E-state index contributed by atoms with van der Waals surface area (Å²) in [5.74, 6) is -0.857. The second-order valence-electron chi connectivity index (χ2n) is 4.19. The third kappa shape index (κ3) is 4.83. The molecule has 1 aromatic rings. The minimum Gasteiger partial charge on any atom is -0.469 e. The van der Waals surface area contributed by atoms with E-state index in [0.29, 0.717) is 10.2 Å². The molecule has 0 unspecified atom stereocenters. The lowest BCUT2D eigenvalue weighted by Crippen LogP contribution is -2.20. The number of rotatable bonds is 5. The van der Waals surface area contributed by atoms with Crippen LogP contribution in [0.5, 0.6) is 0 Å². The van der Waals surface area contributed by atoms with Crippen molar-refractivity contribution in [2.75, 3.05) is 17.6 Å². The van der Waals surface area contributed by atoms with Gasteiger partial charge in [-0.05, 0) is 47.0 Å². The molecule has 5 nitrogen and oxygen atoms in total. The molecular weight excluding hydrogens is 334 g/mol. The summed E-state index contributed by atoms with van der Waals surface area (Å²) >= 11 is 3.33. The highest BCUT2D eigenvalue weighted by atomic mass is 79.9. The Hall–Kier alpha value is -1.08. The average Bonchev–Trinajstić information content (AvgIpc) is 2.31. The minimum atomic E-state index is -3.58. The normalized spacial score (nSPS) is 11.2. The van der Waals surface area contributed by atoms with E-state index in [-0.39, 0.29) is 12.2 Å². The summed E-state index contributed by atoms with van der Waals surface area (Å²) in [4.78, 5) is 11.0. The Labute approximate surface area is 121 Å². The molecule has 0 aromatic heterocycles. The van der Waals surface area contributed by atoms with Gasteiger partial charge >= 0.3 is 5.97 Å². The van der Waals surface area contributed by atoms with Crippen LogP contribution in [0.15, 0.2) is 16.6 Å². The zero-order chi connectivity index (χ0) is 14.6. The summed E-state index contributed by atoms with van der Waals surface area (Å²) in [6, 6.07) is 3.70. The third-order valence-electron chi connectivity index (χ3n) is 2.49. The molecule has 19 heavy (non-hydrogen) atoms. The van der Waals surface area contributed by atoms with Crippen molar-refractivity contribution in [2.45, 2.75) is 20.3 Å². The van der Waals surface area contributed by atoms with Gasteiger partial charge in [-0.3, -0.25) is 9.52 Å². The number of hydrogen-bond donors (Lipinski definition) is 1. The van der Waals surface area contributed by atoms with Crippen LogP contribution in [0, 0.1) is 13.8 Å². The summed E-state index contributed by atoms with van der Waals surface area (Å²) in [7, 11) is -2.35. The number of anilines is 1. The molecule has 0 fully saturated rings. The molecule has 0 heterocycles. The Kier molecular flexibility index (Phi) is 5.37. The van der Waals surface area contributed by atoms with Crippen LogP contribution in [-0.2, 0) is 19.6 Å². The number of benzene rings is 1. The van der Waals surface area contributed by atoms with Gasteiger partial charge in [0.2, 0.25) is 10.0 Å².